The number of hydrogen-bond acceptors (Lipinski definition) is 5. The number of pyridine rings is 1. The van der Waals surface area contributed by atoms with Crippen molar-refractivity contribution in [1.82, 2.24) is 4.98 Å². The van der Waals surface area contributed by atoms with Crippen molar-refractivity contribution in [3.63, 3.8) is 0 Å². The Morgan fingerprint density at radius 2 is 2.05 bits per heavy atom. The highest BCUT2D eigenvalue weighted by Gasteiger charge is 2.16. The summed E-state index contributed by atoms with van der Waals surface area (Å²) in [4.78, 5) is 14.0. The zero-order valence-electron chi connectivity index (χ0n) is 10.2. The van der Waals surface area contributed by atoms with Gasteiger partial charge in [0.15, 0.2) is 0 Å². The van der Waals surface area contributed by atoms with Crippen molar-refractivity contribution in [2.75, 3.05) is 5.32 Å². The second-order valence-corrected chi connectivity index (χ2v) is 5.15. The van der Waals surface area contributed by atoms with Crippen LogP contribution in [0, 0.1) is 11.3 Å². The van der Waals surface area contributed by atoms with Crippen molar-refractivity contribution in [3.05, 3.63) is 52.3 Å². The highest BCUT2D eigenvalue weighted by atomic mass is 32.1. The minimum absolute atomic E-state index is 0.119. The van der Waals surface area contributed by atoms with Gasteiger partial charge in [-0.05, 0) is 12.1 Å². The Bertz CT molecular complexity index is 875. The largest absolute Gasteiger partial charge is 0.506 e. The van der Waals surface area contributed by atoms with Gasteiger partial charge in [0.05, 0.1) is 10.2 Å². The molecule has 3 aromatic rings. The molecule has 1 aromatic carbocycles. The topological polar surface area (TPSA) is 88.9 Å². The Balaban J connectivity index is 2.19. The number of aromatic nitrogens is 1. The van der Waals surface area contributed by atoms with Crippen LogP contribution in [0.25, 0.3) is 10.2 Å². The van der Waals surface area contributed by atoms with Crippen LogP contribution >= 0.6 is 11.3 Å². The number of para-hydroxylation sites is 1. The van der Waals surface area contributed by atoms with E-state index in [0.29, 0.717) is 20.8 Å². The molecule has 0 aliphatic rings. The molecule has 20 heavy (non-hydrogen) atoms. The molecule has 2 aromatic heterocycles. The Morgan fingerprint density at radius 1 is 1.30 bits per heavy atom. The molecule has 0 atom stereocenters. The normalized spacial score (nSPS) is 10.3. The van der Waals surface area contributed by atoms with E-state index >= 15 is 0 Å². The van der Waals surface area contributed by atoms with E-state index < -0.39 is 5.56 Å². The zero-order valence-corrected chi connectivity index (χ0v) is 11.0. The van der Waals surface area contributed by atoms with Gasteiger partial charge >= 0.3 is 0 Å². The van der Waals surface area contributed by atoms with Gasteiger partial charge in [-0.25, -0.2) is 0 Å². The van der Waals surface area contributed by atoms with E-state index in [2.05, 4.69) is 16.4 Å². The summed E-state index contributed by atoms with van der Waals surface area (Å²) >= 11 is 1.22. The molecule has 0 spiro atoms. The summed E-state index contributed by atoms with van der Waals surface area (Å²) < 4.78 is 0.486. The van der Waals surface area contributed by atoms with Crippen LogP contribution < -0.4 is 10.9 Å². The first-order valence-electron chi connectivity index (χ1n) is 5.80. The zero-order chi connectivity index (χ0) is 14.1. The van der Waals surface area contributed by atoms with Gasteiger partial charge < -0.3 is 15.4 Å². The lowest BCUT2D eigenvalue weighted by atomic mass is 10.2. The molecule has 0 aliphatic heterocycles. The number of anilines is 2. The van der Waals surface area contributed by atoms with Crippen molar-refractivity contribution in [3.8, 4) is 11.8 Å². The van der Waals surface area contributed by atoms with Crippen LogP contribution in [0.4, 0.5) is 10.7 Å². The number of H-pyrrole nitrogens is 1. The maximum Gasteiger partial charge on any atom is 0.252 e. The smallest absolute Gasteiger partial charge is 0.252 e. The van der Waals surface area contributed by atoms with Gasteiger partial charge in [-0.2, -0.15) is 5.26 Å². The minimum Gasteiger partial charge on any atom is -0.506 e. The standard InChI is InChI=1S/C14H9N3O2S/c15-7-9-12-13(10(18)6-11(19)17-12)20-14(9)16-8-4-2-1-3-5-8/h1-6,16H,(H2,17,18,19). The summed E-state index contributed by atoms with van der Waals surface area (Å²) in [6.45, 7) is 0. The van der Waals surface area contributed by atoms with Gasteiger partial charge in [0, 0.05) is 11.8 Å². The number of nitrogens with zero attached hydrogens (tertiary/aromatic N) is 1. The molecular formula is C14H9N3O2S. The number of nitrogens with one attached hydrogen (secondary N) is 2. The van der Waals surface area contributed by atoms with Gasteiger partial charge in [0.2, 0.25) is 0 Å². The Labute approximate surface area is 117 Å². The van der Waals surface area contributed by atoms with Gasteiger partial charge in [-0.3, -0.25) is 4.79 Å². The predicted octanol–water partition coefficient (Wildman–Crippen LogP) is 2.91. The summed E-state index contributed by atoms with van der Waals surface area (Å²) in [5.74, 6) is -0.119. The molecular weight excluding hydrogens is 274 g/mol. The Hall–Kier alpha value is -2.78. The van der Waals surface area contributed by atoms with Crippen LogP contribution in [0.1, 0.15) is 5.56 Å². The van der Waals surface area contributed by atoms with E-state index in [4.69, 9.17) is 0 Å². The first-order valence-corrected chi connectivity index (χ1v) is 6.61. The molecule has 3 N–H and O–H groups in total. The average Bonchev–Trinajstić information content (AvgIpc) is 2.77. The van der Waals surface area contributed by atoms with Gasteiger partial charge in [0.25, 0.3) is 5.56 Å². The number of benzene rings is 1. The molecule has 0 bridgehead atoms. The van der Waals surface area contributed by atoms with Crippen LogP contribution in [0.3, 0.4) is 0 Å². The number of hydrogen-bond donors (Lipinski definition) is 3. The summed E-state index contributed by atoms with van der Waals surface area (Å²) in [6, 6.07) is 12.5. The lowest BCUT2D eigenvalue weighted by Gasteiger charge is -2.02. The number of rotatable bonds is 2. The SMILES string of the molecule is N#Cc1c(Nc2ccccc2)sc2c(O)cc(=O)[nH]c12. The molecule has 3 rings (SSSR count). The van der Waals surface area contributed by atoms with Crippen LogP contribution in [0.15, 0.2) is 41.2 Å². The summed E-state index contributed by atoms with van der Waals surface area (Å²) in [5, 5.41) is 22.8. The Morgan fingerprint density at radius 3 is 2.75 bits per heavy atom. The van der Waals surface area contributed by atoms with Gasteiger partial charge in [0.1, 0.15) is 22.4 Å². The Kier molecular flexibility index (Phi) is 2.89. The molecule has 0 radical (unpaired) electrons. The second kappa shape index (κ2) is 4.72. The van der Waals surface area contributed by atoms with Gasteiger partial charge in [-0.15, -0.1) is 11.3 Å². The van der Waals surface area contributed by atoms with E-state index in [1.54, 1.807) is 0 Å². The van der Waals surface area contributed by atoms with E-state index in [9.17, 15) is 15.2 Å². The second-order valence-electron chi connectivity index (χ2n) is 4.13. The monoisotopic (exact) mass is 283 g/mol. The highest BCUT2D eigenvalue weighted by Crippen LogP contribution is 2.39. The lowest BCUT2D eigenvalue weighted by Crippen LogP contribution is -2.02. The summed E-state index contributed by atoms with van der Waals surface area (Å²) in [7, 11) is 0. The predicted molar refractivity (Wildman–Crippen MR) is 78.6 cm³/mol. The number of fused-ring (bicyclic) bond motifs is 1. The minimum atomic E-state index is -0.435. The van der Waals surface area contributed by atoms with Crippen LogP contribution in [0.2, 0.25) is 0 Å². The molecule has 6 heteroatoms. The fourth-order valence-electron chi connectivity index (χ4n) is 1.93. The van der Waals surface area contributed by atoms with Gasteiger partial charge in [-0.1, -0.05) is 18.2 Å². The van der Waals surface area contributed by atoms with Crippen LogP contribution in [-0.4, -0.2) is 10.1 Å². The summed E-state index contributed by atoms with van der Waals surface area (Å²) in [6.07, 6.45) is 0. The van der Waals surface area contributed by atoms with Crippen molar-refractivity contribution in [2.45, 2.75) is 0 Å². The van der Waals surface area contributed by atoms with E-state index in [1.807, 2.05) is 30.3 Å². The third-order valence-corrected chi connectivity index (χ3v) is 3.93. The molecule has 0 amide bonds. The fraction of sp³-hybridized carbons (Fsp3) is 0. The lowest BCUT2D eigenvalue weighted by molar-refractivity contribution is 0.481. The number of aromatic hydroxyl groups is 1. The van der Waals surface area contributed by atoms with Crippen LogP contribution in [-0.2, 0) is 0 Å². The maximum atomic E-state index is 11.4. The number of aromatic amines is 1. The van der Waals surface area contributed by atoms with E-state index in [-0.39, 0.29) is 5.75 Å². The van der Waals surface area contributed by atoms with E-state index in [1.165, 1.54) is 11.3 Å². The first-order chi connectivity index (χ1) is 9.69. The van der Waals surface area contributed by atoms with Crippen molar-refractivity contribution < 1.29 is 5.11 Å². The number of nitriles is 1. The first kappa shape index (κ1) is 12.3. The van der Waals surface area contributed by atoms with Crippen molar-refractivity contribution in [1.29, 1.82) is 5.26 Å². The third kappa shape index (κ3) is 2.00. The molecule has 0 fully saturated rings. The molecule has 0 saturated heterocycles. The molecule has 2 heterocycles. The molecule has 0 saturated carbocycles. The third-order valence-electron chi connectivity index (χ3n) is 2.80. The number of thiophene rings is 1. The van der Waals surface area contributed by atoms with Crippen LogP contribution in [0.5, 0.6) is 5.75 Å². The quantitative estimate of drug-likeness (QED) is 0.674. The maximum absolute atomic E-state index is 11.4. The summed E-state index contributed by atoms with van der Waals surface area (Å²) in [5.41, 5.74) is 1.08. The molecule has 0 aliphatic carbocycles. The average molecular weight is 283 g/mol. The van der Waals surface area contributed by atoms with Crippen molar-refractivity contribution >= 4 is 32.2 Å². The molecule has 0 unspecified atom stereocenters. The van der Waals surface area contributed by atoms with Crippen molar-refractivity contribution in [2.24, 2.45) is 0 Å². The highest BCUT2D eigenvalue weighted by molar-refractivity contribution is 7.23. The van der Waals surface area contributed by atoms with E-state index in [0.717, 1.165) is 11.8 Å². The molecule has 98 valence electrons. The fourth-order valence-corrected chi connectivity index (χ4v) is 2.97. The molecule has 5 nitrogen and oxygen atoms in total.